The van der Waals surface area contributed by atoms with Crippen LogP contribution in [-0.4, -0.2) is 54.9 Å². The third kappa shape index (κ3) is 5.40. The second kappa shape index (κ2) is 10.6. The van der Waals surface area contributed by atoms with E-state index in [9.17, 15) is 9.59 Å². The summed E-state index contributed by atoms with van der Waals surface area (Å²) in [6.07, 6.45) is 5.89. The van der Waals surface area contributed by atoms with Crippen LogP contribution in [0, 0.1) is 11.3 Å². The van der Waals surface area contributed by atoms with E-state index in [4.69, 9.17) is 5.26 Å². The number of benzene rings is 1. The smallest absolute Gasteiger partial charge is 0.252 e. The van der Waals surface area contributed by atoms with Gasteiger partial charge in [0.05, 0.1) is 11.6 Å². The molecular formula is C24H34N4O2. The van der Waals surface area contributed by atoms with Gasteiger partial charge in [0.15, 0.2) is 5.78 Å². The standard InChI is InChI=1S/C24H34N4O2/c1-2-15-27-16-18-28(19-17-27)21-10-8-20(9-11-21)23(30)26-24(12-4-3-5-13-24)22(29)7-6-14-25/h8-11H,2-7,12-13,15-19H2,1H3,(H,26,30). The minimum atomic E-state index is -0.805. The topological polar surface area (TPSA) is 76.4 Å². The Morgan fingerprint density at radius 1 is 1.07 bits per heavy atom. The number of rotatable bonds is 8. The van der Waals surface area contributed by atoms with E-state index in [0.29, 0.717) is 18.4 Å². The van der Waals surface area contributed by atoms with Gasteiger partial charge in [0, 0.05) is 50.3 Å². The largest absolute Gasteiger partial charge is 0.369 e. The Balaban J connectivity index is 1.63. The van der Waals surface area contributed by atoms with Gasteiger partial charge in [-0.1, -0.05) is 26.2 Å². The molecule has 1 saturated heterocycles. The molecule has 3 rings (SSSR count). The fraction of sp³-hybridized carbons (Fsp3) is 0.625. The first-order chi connectivity index (χ1) is 14.6. The highest BCUT2D eigenvalue weighted by atomic mass is 16.2. The van der Waals surface area contributed by atoms with E-state index in [-0.39, 0.29) is 24.5 Å². The van der Waals surface area contributed by atoms with Crippen molar-refractivity contribution in [2.24, 2.45) is 0 Å². The van der Waals surface area contributed by atoms with Gasteiger partial charge in [0.1, 0.15) is 0 Å². The summed E-state index contributed by atoms with van der Waals surface area (Å²) in [7, 11) is 0. The maximum atomic E-state index is 13.0. The lowest BCUT2D eigenvalue weighted by Gasteiger charge is -2.37. The molecule has 30 heavy (non-hydrogen) atoms. The van der Waals surface area contributed by atoms with Crippen LogP contribution < -0.4 is 10.2 Å². The zero-order valence-electron chi connectivity index (χ0n) is 18.2. The first kappa shape index (κ1) is 22.3. The number of carbonyl (C=O) groups excluding carboxylic acids is 2. The van der Waals surface area contributed by atoms with Gasteiger partial charge in [0.2, 0.25) is 0 Å². The number of hydrogen-bond acceptors (Lipinski definition) is 5. The lowest BCUT2D eigenvalue weighted by atomic mass is 9.77. The molecule has 0 unspecified atom stereocenters. The highest BCUT2D eigenvalue weighted by molar-refractivity contribution is 6.00. The van der Waals surface area contributed by atoms with Crippen LogP contribution in [0.15, 0.2) is 24.3 Å². The lowest BCUT2D eigenvalue weighted by Crippen LogP contribution is -2.55. The molecule has 0 radical (unpaired) electrons. The van der Waals surface area contributed by atoms with Crippen LogP contribution in [0.25, 0.3) is 0 Å². The van der Waals surface area contributed by atoms with Gasteiger partial charge >= 0.3 is 0 Å². The van der Waals surface area contributed by atoms with Gasteiger partial charge in [-0.15, -0.1) is 0 Å². The number of anilines is 1. The molecule has 1 saturated carbocycles. The Morgan fingerprint density at radius 3 is 2.33 bits per heavy atom. The van der Waals surface area contributed by atoms with Crippen molar-refractivity contribution in [3.8, 4) is 6.07 Å². The summed E-state index contributed by atoms with van der Waals surface area (Å²) in [5, 5.41) is 11.9. The number of ketones is 1. The Morgan fingerprint density at radius 2 is 1.73 bits per heavy atom. The van der Waals surface area contributed by atoms with Crippen LogP contribution in [0.1, 0.15) is 68.6 Å². The molecule has 1 amide bonds. The normalized spacial score (nSPS) is 19.1. The number of nitriles is 1. The molecule has 0 spiro atoms. The summed E-state index contributed by atoms with van der Waals surface area (Å²) in [4.78, 5) is 30.6. The van der Waals surface area contributed by atoms with Gasteiger partial charge in [-0.05, 0) is 50.1 Å². The van der Waals surface area contributed by atoms with Crippen LogP contribution >= 0.6 is 0 Å². The fourth-order valence-electron chi connectivity index (χ4n) is 4.70. The zero-order chi connectivity index (χ0) is 21.4. The molecule has 1 aromatic rings. The molecule has 1 aliphatic carbocycles. The van der Waals surface area contributed by atoms with E-state index < -0.39 is 5.54 Å². The Kier molecular flexibility index (Phi) is 7.87. The van der Waals surface area contributed by atoms with Gasteiger partial charge in [0.25, 0.3) is 5.91 Å². The number of amides is 1. The number of hydrogen-bond donors (Lipinski definition) is 1. The number of Topliss-reactive ketones (excluding diaryl/α,β-unsaturated/α-hetero) is 1. The van der Waals surface area contributed by atoms with E-state index in [1.165, 1.54) is 6.42 Å². The average Bonchev–Trinajstić information content (AvgIpc) is 2.79. The molecule has 1 aromatic carbocycles. The zero-order valence-corrected chi connectivity index (χ0v) is 18.2. The van der Waals surface area contributed by atoms with Crippen molar-refractivity contribution in [2.75, 3.05) is 37.6 Å². The molecule has 1 aliphatic heterocycles. The van der Waals surface area contributed by atoms with E-state index in [1.54, 1.807) is 0 Å². The first-order valence-corrected chi connectivity index (χ1v) is 11.4. The second-order valence-corrected chi connectivity index (χ2v) is 8.55. The van der Waals surface area contributed by atoms with Crippen LogP contribution in [0.5, 0.6) is 0 Å². The minimum absolute atomic E-state index is 0.00123. The van der Waals surface area contributed by atoms with Crippen molar-refractivity contribution in [3.63, 3.8) is 0 Å². The summed E-state index contributed by atoms with van der Waals surface area (Å²) >= 11 is 0. The molecule has 2 fully saturated rings. The predicted octanol–water partition coefficient (Wildman–Crippen LogP) is 3.52. The third-order valence-corrected chi connectivity index (χ3v) is 6.46. The molecule has 1 N–H and O–H groups in total. The monoisotopic (exact) mass is 410 g/mol. The van der Waals surface area contributed by atoms with Crippen molar-refractivity contribution in [1.29, 1.82) is 5.26 Å². The Bertz CT molecular complexity index is 754. The quantitative estimate of drug-likeness (QED) is 0.710. The third-order valence-electron chi connectivity index (χ3n) is 6.46. The van der Waals surface area contributed by atoms with Crippen molar-refractivity contribution in [2.45, 2.75) is 63.8 Å². The molecule has 2 aliphatic rings. The molecule has 6 nitrogen and oxygen atoms in total. The maximum Gasteiger partial charge on any atom is 0.252 e. The maximum absolute atomic E-state index is 13.0. The van der Waals surface area contributed by atoms with E-state index in [2.05, 4.69) is 22.0 Å². The summed E-state index contributed by atoms with van der Waals surface area (Å²) in [6, 6.07) is 9.79. The first-order valence-electron chi connectivity index (χ1n) is 11.4. The highest BCUT2D eigenvalue weighted by Crippen LogP contribution is 2.31. The van der Waals surface area contributed by atoms with Crippen LogP contribution in [0.2, 0.25) is 0 Å². The number of carbonyl (C=O) groups is 2. The van der Waals surface area contributed by atoms with E-state index in [1.807, 2.05) is 30.3 Å². The summed E-state index contributed by atoms with van der Waals surface area (Å²) in [6.45, 7) is 7.52. The number of nitrogens with one attached hydrogen (secondary N) is 1. The molecule has 162 valence electrons. The van der Waals surface area contributed by atoms with Gasteiger partial charge in [-0.3, -0.25) is 14.5 Å². The lowest BCUT2D eigenvalue weighted by molar-refractivity contribution is -0.126. The molecule has 0 aromatic heterocycles. The predicted molar refractivity (Wildman–Crippen MR) is 119 cm³/mol. The Labute approximate surface area is 180 Å². The summed E-state index contributed by atoms with van der Waals surface area (Å²) in [5.41, 5.74) is 0.919. The summed E-state index contributed by atoms with van der Waals surface area (Å²) in [5.74, 6) is -0.194. The van der Waals surface area contributed by atoms with Crippen LogP contribution in [-0.2, 0) is 4.79 Å². The van der Waals surface area contributed by atoms with E-state index in [0.717, 1.165) is 57.7 Å². The minimum Gasteiger partial charge on any atom is -0.369 e. The number of nitrogens with zero attached hydrogens (tertiary/aromatic N) is 3. The van der Waals surface area contributed by atoms with Gasteiger partial charge in [-0.25, -0.2) is 0 Å². The molecule has 0 bridgehead atoms. The Hall–Kier alpha value is -2.39. The molecule has 0 atom stereocenters. The van der Waals surface area contributed by atoms with Crippen molar-refractivity contribution >= 4 is 17.4 Å². The van der Waals surface area contributed by atoms with Gasteiger partial charge < -0.3 is 10.2 Å². The highest BCUT2D eigenvalue weighted by Gasteiger charge is 2.40. The average molecular weight is 411 g/mol. The van der Waals surface area contributed by atoms with Crippen LogP contribution in [0.4, 0.5) is 5.69 Å². The molecule has 6 heteroatoms. The summed E-state index contributed by atoms with van der Waals surface area (Å²) < 4.78 is 0. The van der Waals surface area contributed by atoms with Crippen molar-refractivity contribution in [1.82, 2.24) is 10.2 Å². The van der Waals surface area contributed by atoms with E-state index >= 15 is 0 Å². The SMILES string of the molecule is CCCN1CCN(c2ccc(C(=O)NC3(C(=O)CCC#N)CCCCC3)cc2)CC1. The second-order valence-electron chi connectivity index (χ2n) is 8.55. The van der Waals surface area contributed by atoms with Crippen LogP contribution in [0.3, 0.4) is 0 Å². The van der Waals surface area contributed by atoms with Crippen molar-refractivity contribution in [3.05, 3.63) is 29.8 Å². The van der Waals surface area contributed by atoms with Crippen molar-refractivity contribution < 1.29 is 9.59 Å². The fourth-order valence-corrected chi connectivity index (χ4v) is 4.70. The molecular weight excluding hydrogens is 376 g/mol. The van der Waals surface area contributed by atoms with Gasteiger partial charge in [-0.2, -0.15) is 5.26 Å². The molecule has 1 heterocycles. The number of piperazine rings is 1.